The minimum absolute atomic E-state index is 0. The first-order valence-corrected chi connectivity index (χ1v) is 12.7. The van der Waals surface area contributed by atoms with E-state index in [0.717, 1.165) is 9.13 Å². The zero-order valence-corrected chi connectivity index (χ0v) is 26.7. The number of rotatable bonds is 6. The van der Waals surface area contributed by atoms with Crippen LogP contribution in [-0.4, -0.2) is 40.1 Å². The van der Waals surface area contributed by atoms with Crippen LogP contribution in [0.4, 0.5) is 34.1 Å². The molecule has 0 aliphatic carbocycles. The van der Waals surface area contributed by atoms with Gasteiger partial charge in [-0.3, -0.25) is 39.0 Å². The Morgan fingerprint density at radius 2 is 0.939 bits per heavy atom. The van der Waals surface area contributed by atoms with E-state index in [1.54, 1.807) is 12.1 Å². The van der Waals surface area contributed by atoms with Gasteiger partial charge < -0.3 is 21.2 Å². The molecule has 0 unspecified atom stereocenters. The van der Waals surface area contributed by atoms with Crippen molar-refractivity contribution in [2.45, 2.75) is 13.8 Å². The van der Waals surface area contributed by atoms with Crippen molar-refractivity contribution < 1.29 is 48.1 Å². The van der Waals surface area contributed by atoms with E-state index in [1.807, 2.05) is 0 Å². The molecular formula is C28H26CuN10O10. The van der Waals surface area contributed by atoms with Crippen molar-refractivity contribution in [2.24, 2.45) is 34.6 Å². The fourth-order valence-electron chi connectivity index (χ4n) is 3.74. The van der Waals surface area contributed by atoms with E-state index in [4.69, 9.17) is 10.5 Å². The van der Waals surface area contributed by atoms with Crippen molar-refractivity contribution in [1.29, 1.82) is 10.5 Å². The summed E-state index contributed by atoms with van der Waals surface area (Å²) in [4.78, 5) is 43.7. The van der Waals surface area contributed by atoms with Gasteiger partial charge in [0.05, 0.1) is 21.2 Å². The molecule has 0 amide bonds. The number of nitro benzene ring substituents is 2. The van der Waals surface area contributed by atoms with Gasteiger partial charge in [0.15, 0.2) is 11.4 Å². The second-order valence-electron chi connectivity index (χ2n) is 9.24. The molecule has 0 bridgehead atoms. The van der Waals surface area contributed by atoms with Gasteiger partial charge in [-0.15, -0.1) is 10.2 Å². The van der Waals surface area contributed by atoms with E-state index in [1.165, 1.54) is 76.5 Å². The molecule has 0 aliphatic rings. The SMILES string of the molecule is Cc1c(N=Nc2ccc([N+](=O)[O-])cc2)c(O)n(C)c(=O)c1C#N.Cc1c(N=Nc2ccc([N+](=O)[O-])cc2)c(O)n(C)c(=O)c1C#N.O.O.[Cu]. The summed E-state index contributed by atoms with van der Waals surface area (Å²) in [7, 11) is 2.62. The monoisotopic (exact) mass is 725 g/mol. The Labute approximate surface area is 285 Å². The molecule has 259 valence electrons. The molecular weight excluding hydrogens is 700 g/mol. The Morgan fingerprint density at radius 1 is 0.653 bits per heavy atom. The molecule has 0 saturated carbocycles. The van der Waals surface area contributed by atoms with Crippen molar-refractivity contribution in [3.8, 4) is 23.9 Å². The third-order valence-electron chi connectivity index (χ3n) is 6.43. The molecule has 0 fully saturated rings. The summed E-state index contributed by atoms with van der Waals surface area (Å²) in [5, 5.41) is 74.6. The molecule has 20 nitrogen and oxygen atoms in total. The summed E-state index contributed by atoms with van der Waals surface area (Å²) < 4.78 is 1.80. The molecule has 21 heteroatoms. The molecule has 49 heavy (non-hydrogen) atoms. The molecule has 4 rings (SSSR count). The number of benzene rings is 2. The molecule has 2 heterocycles. The van der Waals surface area contributed by atoms with Crippen LogP contribution in [0.25, 0.3) is 0 Å². The number of nitrogens with zero attached hydrogens (tertiary/aromatic N) is 10. The zero-order valence-electron chi connectivity index (χ0n) is 25.7. The van der Waals surface area contributed by atoms with Gasteiger partial charge in [0.2, 0.25) is 11.8 Å². The van der Waals surface area contributed by atoms with E-state index in [-0.39, 0.29) is 73.0 Å². The van der Waals surface area contributed by atoms with Gasteiger partial charge in [0.1, 0.15) is 23.3 Å². The Bertz CT molecular complexity index is 1980. The smallest absolute Gasteiger partial charge is 0.271 e. The standard InChI is InChI=1S/2C14H11N5O4.Cu.2H2O/c2*1-8-11(7-15)13(20)18(2)14(21)12(8)17-16-9-3-5-10(6-4-9)19(22)23;;;/h2*3-6,21H,1-2H3;;2*1H2. The summed E-state index contributed by atoms with van der Waals surface area (Å²) in [6.07, 6.45) is 0. The van der Waals surface area contributed by atoms with Gasteiger partial charge in [0, 0.05) is 66.6 Å². The minimum Gasteiger partial charge on any atom is -0.493 e. The molecule has 2 aromatic carbocycles. The summed E-state index contributed by atoms with van der Waals surface area (Å²) in [6.45, 7) is 2.95. The molecule has 0 aliphatic heterocycles. The number of hydrogen-bond acceptors (Lipinski definition) is 14. The molecule has 6 N–H and O–H groups in total. The van der Waals surface area contributed by atoms with Crippen molar-refractivity contribution in [3.05, 3.63) is 112 Å². The first-order valence-electron chi connectivity index (χ1n) is 12.7. The van der Waals surface area contributed by atoms with E-state index in [9.17, 15) is 40.0 Å². The van der Waals surface area contributed by atoms with Crippen LogP contribution in [0, 0.1) is 56.7 Å². The van der Waals surface area contributed by atoms with Crippen LogP contribution in [0.5, 0.6) is 11.8 Å². The van der Waals surface area contributed by atoms with Crippen molar-refractivity contribution in [1.82, 2.24) is 9.13 Å². The van der Waals surface area contributed by atoms with Gasteiger partial charge in [-0.05, 0) is 38.1 Å². The van der Waals surface area contributed by atoms with Gasteiger partial charge in [0.25, 0.3) is 22.5 Å². The minimum atomic E-state index is -0.628. The topological polar surface area (TPSA) is 331 Å². The number of pyridine rings is 2. The van der Waals surface area contributed by atoms with Crippen LogP contribution in [-0.2, 0) is 31.2 Å². The number of hydrogen-bond donors (Lipinski definition) is 2. The van der Waals surface area contributed by atoms with Crippen LogP contribution in [0.15, 0.2) is 78.6 Å². The average Bonchev–Trinajstić information content (AvgIpc) is 3.04. The van der Waals surface area contributed by atoms with Crippen molar-refractivity contribution >= 4 is 34.1 Å². The number of aromatic nitrogens is 2. The van der Waals surface area contributed by atoms with Crippen LogP contribution < -0.4 is 11.1 Å². The second-order valence-corrected chi connectivity index (χ2v) is 9.24. The first kappa shape index (κ1) is 42.4. The van der Waals surface area contributed by atoms with Crippen molar-refractivity contribution in [2.75, 3.05) is 0 Å². The van der Waals surface area contributed by atoms with Gasteiger partial charge in [-0.1, -0.05) is 0 Å². The number of nitro groups is 2. The predicted molar refractivity (Wildman–Crippen MR) is 167 cm³/mol. The third kappa shape index (κ3) is 9.22. The summed E-state index contributed by atoms with van der Waals surface area (Å²) in [6, 6.07) is 14.2. The number of aromatic hydroxyl groups is 2. The number of non-ortho nitro benzene ring substituents is 2. The van der Waals surface area contributed by atoms with E-state index in [0.29, 0.717) is 11.4 Å². The van der Waals surface area contributed by atoms with Crippen LogP contribution in [0.2, 0.25) is 0 Å². The second kappa shape index (κ2) is 17.9. The summed E-state index contributed by atoms with van der Waals surface area (Å²) in [5.41, 5.74) is -0.668. The van der Waals surface area contributed by atoms with Gasteiger partial charge >= 0.3 is 0 Å². The van der Waals surface area contributed by atoms with Crippen LogP contribution >= 0.6 is 0 Å². The summed E-state index contributed by atoms with van der Waals surface area (Å²) in [5.74, 6) is -0.839. The quantitative estimate of drug-likeness (QED) is 0.126. The molecule has 4 aromatic rings. The third-order valence-corrected chi connectivity index (χ3v) is 6.43. The molecule has 0 atom stereocenters. The Morgan fingerprint density at radius 3 is 1.18 bits per heavy atom. The Kier molecular flexibility index (Phi) is 15.5. The molecule has 2 aromatic heterocycles. The molecule has 1 radical (unpaired) electrons. The van der Waals surface area contributed by atoms with Crippen molar-refractivity contribution in [3.63, 3.8) is 0 Å². The fourth-order valence-corrected chi connectivity index (χ4v) is 3.74. The fraction of sp³-hybridized carbons (Fsp3) is 0.143. The normalized spacial score (nSPS) is 10.0. The van der Waals surface area contributed by atoms with Gasteiger partial charge in [-0.25, -0.2) is 0 Å². The Balaban J connectivity index is 0.000000886. The maximum Gasteiger partial charge on any atom is 0.271 e. The van der Waals surface area contributed by atoms with Crippen LogP contribution in [0.1, 0.15) is 22.3 Å². The average molecular weight is 726 g/mol. The summed E-state index contributed by atoms with van der Waals surface area (Å²) >= 11 is 0. The van der Waals surface area contributed by atoms with E-state index >= 15 is 0 Å². The number of nitriles is 2. The number of azo groups is 2. The zero-order chi connectivity index (χ0) is 34.3. The largest absolute Gasteiger partial charge is 0.493 e. The molecule has 0 spiro atoms. The molecule has 0 saturated heterocycles. The maximum atomic E-state index is 11.8. The Hall–Kier alpha value is -6.64. The first-order chi connectivity index (χ1) is 21.7. The van der Waals surface area contributed by atoms with E-state index < -0.39 is 32.7 Å². The predicted octanol–water partition coefficient (Wildman–Crippen LogP) is 3.54. The van der Waals surface area contributed by atoms with Gasteiger partial charge in [-0.2, -0.15) is 20.8 Å². The van der Waals surface area contributed by atoms with E-state index in [2.05, 4.69) is 20.5 Å². The maximum absolute atomic E-state index is 11.8. The van der Waals surface area contributed by atoms with Crippen LogP contribution in [0.3, 0.4) is 0 Å².